The second-order valence-corrected chi connectivity index (χ2v) is 8.56. The molecule has 0 saturated carbocycles. The number of nitrogens with one attached hydrogen (secondary N) is 1. The molecule has 5 heteroatoms. The zero-order valence-corrected chi connectivity index (χ0v) is 18.5. The first-order valence-electron chi connectivity index (χ1n) is 10.8. The van der Waals surface area contributed by atoms with Gasteiger partial charge < -0.3 is 14.6 Å². The molecule has 2 heterocycles. The molecule has 0 saturated heterocycles. The standard InChI is InChI=1S/C25H29ClN2O2/c1-3-28-22-8-5-4-7-20(22)21-13-16-30-25(2,24(21)28)14-6-15-27-17-23(29)18-9-11-19(26)12-10-18/h4-5,7-12,27H,3,6,13-17H2,1-2H3. The second-order valence-electron chi connectivity index (χ2n) is 8.13. The van der Waals surface area contributed by atoms with E-state index in [0.29, 0.717) is 17.1 Å². The zero-order chi connectivity index (χ0) is 21.1. The summed E-state index contributed by atoms with van der Waals surface area (Å²) in [5.41, 5.74) is 4.45. The third kappa shape index (κ3) is 4.04. The smallest absolute Gasteiger partial charge is 0.176 e. The van der Waals surface area contributed by atoms with Crippen LogP contribution in [0, 0.1) is 0 Å². The van der Waals surface area contributed by atoms with Gasteiger partial charge in [-0.1, -0.05) is 29.8 Å². The molecule has 1 atom stereocenters. The number of carbonyl (C=O) groups is 1. The number of aromatic nitrogens is 1. The van der Waals surface area contributed by atoms with Gasteiger partial charge in [-0.05, 0) is 75.5 Å². The fourth-order valence-corrected chi connectivity index (χ4v) is 4.82. The lowest BCUT2D eigenvalue weighted by Crippen LogP contribution is -2.35. The van der Waals surface area contributed by atoms with Crippen LogP contribution in [-0.2, 0) is 23.3 Å². The minimum absolute atomic E-state index is 0.0835. The number of halogens is 1. The number of benzene rings is 2. The predicted octanol–water partition coefficient (Wildman–Crippen LogP) is 5.36. The van der Waals surface area contributed by atoms with E-state index in [9.17, 15) is 4.79 Å². The number of hydrogen-bond donors (Lipinski definition) is 1. The van der Waals surface area contributed by atoms with Crippen LogP contribution >= 0.6 is 11.6 Å². The average Bonchev–Trinajstić information content (AvgIpc) is 3.09. The van der Waals surface area contributed by atoms with E-state index in [0.717, 1.165) is 39.0 Å². The lowest BCUT2D eigenvalue weighted by Gasteiger charge is -2.36. The van der Waals surface area contributed by atoms with Crippen molar-refractivity contribution in [2.45, 2.75) is 45.3 Å². The Hall–Kier alpha value is -2.14. The van der Waals surface area contributed by atoms with Gasteiger partial charge in [-0.25, -0.2) is 0 Å². The molecule has 1 N–H and O–H groups in total. The summed E-state index contributed by atoms with van der Waals surface area (Å²) in [6.07, 6.45) is 2.82. The van der Waals surface area contributed by atoms with Gasteiger partial charge in [-0.3, -0.25) is 4.79 Å². The van der Waals surface area contributed by atoms with E-state index in [1.54, 1.807) is 24.3 Å². The minimum atomic E-state index is -0.301. The first kappa shape index (κ1) is 21.1. The van der Waals surface area contributed by atoms with Crippen molar-refractivity contribution in [3.63, 3.8) is 0 Å². The highest BCUT2D eigenvalue weighted by atomic mass is 35.5. The number of para-hydroxylation sites is 1. The Morgan fingerprint density at radius 3 is 2.73 bits per heavy atom. The molecule has 0 radical (unpaired) electrons. The number of hydrogen-bond acceptors (Lipinski definition) is 3. The molecule has 1 unspecified atom stereocenters. The second kappa shape index (κ2) is 8.93. The van der Waals surface area contributed by atoms with Crippen molar-refractivity contribution in [1.82, 2.24) is 9.88 Å². The van der Waals surface area contributed by atoms with Crippen molar-refractivity contribution in [3.8, 4) is 0 Å². The summed E-state index contributed by atoms with van der Waals surface area (Å²) >= 11 is 5.89. The normalized spacial score (nSPS) is 18.5. The van der Waals surface area contributed by atoms with Crippen molar-refractivity contribution >= 4 is 28.3 Å². The van der Waals surface area contributed by atoms with Crippen LogP contribution in [0.3, 0.4) is 0 Å². The third-order valence-corrected chi connectivity index (χ3v) is 6.38. The predicted molar refractivity (Wildman–Crippen MR) is 123 cm³/mol. The number of rotatable bonds is 8. The zero-order valence-electron chi connectivity index (χ0n) is 17.7. The maximum atomic E-state index is 12.3. The van der Waals surface area contributed by atoms with E-state index < -0.39 is 0 Å². The highest BCUT2D eigenvalue weighted by Gasteiger charge is 2.37. The fraction of sp³-hybridized carbons (Fsp3) is 0.400. The molecule has 1 aromatic heterocycles. The summed E-state index contributed by atoms with van der Waals surface area (Å²) in [4.78, 5) is 12.3. The van der Waals surface area contributed by atoms with E-state index in [-0.39, 0.29) is 11.4 Å². The topological polar surface area (TPSA) is 43.3 Å². The molecule has 2 aromatic carbocycles. The average molecular weight is 425 g/mol. The van der Waals surface area contributed by atoms with Crippen molar-refractivity contribution in [3.05, 3.63) is 70.4 Å². The number of fused-ring (bicyclic) bond motifs is 3. The Kier molecular flexibility index (Phi) is 6.28. The van der Waals surface area contributed by atoms with E-state index in [1.165, 1.54) is 22.2 Å². The van der Waals surface area contributed by atoms with Crippen molar-refractivity contribution < 1.29 is 9.53 Å². The highest BCUT2D eigenvalue weighted by Crippen LogP contribution is 2.41. The molecule has 0 bridgehead atoms. The lowest BCUT2D eigenvalue weighted by molar-refractivity contribution is -0.0584. The molecule has 0 fully saturated rings. The Labute approximate surface area is 183 Å². The summed E-state index contributed by atoms with van der Waals surface area (Å²) in [7, 11) is 0. The van der Waals surface area contributed by atoms with Gasteiger partial charge in [0, 0.05) is 28.0 Å². The maximum Gasteiger partial charge on any atom is 0.176 e. The first-order valence-corrected chi connectivity index (χ1v) is 11.2. The van der Waals surface area contributed by atoms with Gasteiger partial charge in [0.05, 0.1) is 18.8 Å². The van der Waals surface area contributed by atoms with Crippen LogP contribution in [0.1, 0.15) is 48.3 Å². The largest absolute Gasteiger partial charge is 0.369 e. The Morgan fingerprint density at radius 2 is 1.97 bits per heavy atom. The van der Waals surface area contributed by atoms with Gasteiger partial charge in [-0.2, -0.15) is 0 Å². The van der Waals surface area contributed by atoms with Gasteiger partial charge in [0.2, 0.25) is 0 Å². The molecule has 4 rings (SSSR count). The Morgan fingerprint density at radius 1 is 1.20 bits per heavy atom. The van der Waals surface area contributed by atoms with Crippen LogP contribution in [0.25, 0.3) is 10.9 Å². The summed E-state index contributed by atoms with van der Waals surface area (Å²) in [6, 6.07) is 15.7. The summed E-state index contributed by atoms with van der Waals surface area (Å²) in [5.74, 6) is 0.0835. The fourth-order valence-electron chi connectivity index (χ4n) is 4.69. The molecule has 30 heavy (non-hydrogen) atoms. The molecule has 0 spiro atoms. The molecule has 0 amide bonds. The van der Waals surface area contributed by atoms with Crippen LogP contribution in [0.5, 0.6) is 0 Å². The molecule has 1 aliphatic heterocycles. The van der Waals surface area contributed by atoms with Crippen LogP contribution < -0.4 is 5.32 Å². The highest BCUT2D eigenvalue weighted by molar-refractivity contribution is 6.30. The van der Waals surface area contributed by atoms with Crippen molar-refractivity contribution in [1.29, 1.82) is 0 Å². The van der Waals surface area contributed by atoms with E-state index >= 15 is 0 Å². The molecule has 4 nitrogen and oxygen atoms in total. The maximum absolute atomic E-state index is 12.3. The molecule has 1 aliphatic rings. The molecule has 0 aliphatic carbocycles. The number of nitrogens with zero attached hydrogens (tertiary/aromatic N) is 1. The number of Topliss-reactive ketones (excluding diaryl/α,β-unsaturated/α-hetero) is 1. The van der Waals surface area contributed by atoms with Crippen LogP contribution in [0.2, 0.25) is 5.02 Å². The van der Waals surface area contributed by atoms with Crippen LogP contribution in [0.4, 0.5) is 0 Å². The van der Waals surface area contributed by atoms with Crippen molar-refractivity contribution in [2.24, 2.45) is 0 Å². The van der Waals surface area contributed by atoms with Crippen LogP contribution in [-0.4, -0.2) is 30.0 Å². The molecule has 158 valence electrons. The Balaban J connectivity index is 1.40. The van der Waals surface area contributed by atoms with E-state index in [1.807, 2.05) is 0 Å². The Bertz CT molecular complexity index is 1010. The van der Waals surface area contributed by atoms with Gasteiger partial charge in [0.25, 0.3) is 0 Å². The number of ketones is 1. The van der Waals surface area contributed by atoms with Gasteiger partial charge in [0.15, 0.2) is 5.78 Å². The van der Waals surface area contributed by atoms with E-state index in [2.05, 4.69) is 48.0 Å². The van der Waals surface area contributed by atoms with Crippen LogP contribution in [0.15, 0.2) is 48.5 Å². The quantitative estimate of drug-likeness (QED) is 0.391. The van der Waals surface area contributed by atoms with E-state index in [4.69, 9.17) is 16.3 Å². The van der Waals surface area contributed by atoms with Gasteiger partial charge in [-0.15, -0.1) is 0 Å². The minimum Gasteiger partial charge on any atom is -0.369 e. The SMILES string of the molecule is CCn1c2c(c3ccccc31)CCOC2(C)CCCNCC(=O)c1ccc(Cl)cc1. The molecular weight excluding hydrogens is 396 g/mol. The number of ether oxygens (including phenoxy) is 1. The lowest BCUT2D eigenvalue weighted by atomic mass is 9.88. The molecular formula is C25H29ClN2O2. The molecule has 3 aromatic rings. The third-order valence-electron chi connectivity index (χ3n) is 6.12. The van der Waals surface area contributed by atoms with Gasteiger partial charge >= 0.3 is 0 Å². The van der Waals surface area contributed by atoms with Crippen molar-refractivity contribution in [2.75, 3.05) is 19.7 Å². The number of aryl methyl sites for hydroxylation is 1. The monoisotopic (exact) mass is 424 g/mol. The first-order chi connectivity index (χ1) is 14.5. The van der Waals surface area contributed by atoms with Gasteiger partial charge in [0.1, 0.15) is 5.60 Å². The summed E-state index contributed by atoms with van der Waals surface area (Å²) in [6.45, 7) is 7.21. The summed E-state index contributed by atoms with van der Waals surface area (Å²) in [5, 5.41) is 5.29. The summed E-state index contributed by atoms with van der Waals surface area (Å²) < 4.78 is 8.76. The number of carbonyl (C=O) groups excluding carboxylic acids is 1.